The number of nitrogens with zero attached hydrogens (tertiary/aromatic N) is 4. The number of aromatic nitrogens is 2. The second-order valence-corrected chi connectivity index (χ2v) is 9.85. The first-order valence-corrected chi connectivity index (χ1v) is 13.2. The van der Waals surface area contributed by atoms with Crippen LogP contribution in [-0.4, -0.2) is 51.9 Å². The molecule has 0 saturated carbocycles. The van der Waals surface area contributed by atoms with Crippen molar-refractivity contribution >= 4 is 28.9 Å². The Morgan fingerprint density at radius 1 is 1.47 bits per heavy atom. The first kappa shape index (κ1) is 26.3. The number of ether oxygens (including phenoxy) is 1. The highest BCUT2D eigenvalue weighted by atomic mass is 32.2. The van der Waals surface area contributed by atoms with Crippen LogP contribution in [0.5, 0.6) is 0 Å². The van der Waals surface area contributed by atoms with E-state index in [9.17, 15) is 10.5 Å². The molecule has 1 aliphatic rings. The van der Waals surface area contributed by atoms with Crippen molar-refractivity contribution in [2.24, 2.45) is 0 Å². The van der Waals surface area contributed by atoms with Crippen LogP contribution in [0.1, 0.15) is 42.4 Å². The molecular weight excluding hydrogens is 466 g/mol. The highest BCUT2D eigenvalue weighted by molar-refractivity contribution is 7.96. The van der Waals surface area contributed by atoms with Crippen molar-refractivity contribution in [1.82, 2.24) is 20.0 Å². The van der Waals surface area contributed by atoms with E-state index >= 15 is 0 Å². The second-order valence-electron chi connectivity index (χ2n) is 8.09. The minimum atomic E-state index is 0.0447. The van der Waals surface area contributed by atoms with Crippen molar-refractivity contribution in [3.05, 3.63) is 64.7 Å². The predicted octanol–water partition coefficient (Wildman–Crippen LogP) is 5.20. The zero-order valence-corrected chi connectivity index (χ0v) is 21.5. The third-order valence-electron chi connectivity index (χ3n) is 5.42. The van der Waals surface area contributed by atoms with E-state index in [1.54, 1.807) is 12.2 Å². The highest BCUT2D eigenvalue weighted by Gasteiger charge is 2.26. The van der Waals surface area contributed by atoms with Gasteiger partial charge in [0, 0.05) is 30.3 Å². The Morgan fingerprint density at radius 2 is 2.29 bits per heavy atom. The molecule has 0 fully saturated rings. The van der Waals surface area contributed by atoms with E-state index in [1.165, 1.54) is 38.9 Å². The Balaban J connectivity index is 1.81. The molecule has 0 radical (unpaired) electrons. The van der Waals surface area contributed by atoms with Gasteiger partial charge < -0.3 is 15.3 Å². The van der Waals surface area contributed by atoms with Gasteiger partial charge in [0.05, 0.1) is 24.4 Å². The van der Waals surface area contributed by atoms with E-state index in [1.807, 2.05) is 26.2 Å². The zero-order valence-electron chi connectivity index (χ0n) is 19.8. The van der Waals surface area contributed by atoms with Crippen molar-refractivity contribution in [3.8, 4) is 16.6 Å². The minimum absolute atomic E-state index is 0.0447. The summed E-state index contributed by atoms with van der Waals surface area (Å²) in [6, 6.07) is 8.79. The lowest BCUT2D eigenvalue weighted by atomic mass is 10.0. The van der Waals surface area contributed by atoms with Crippen molar-refractivity contribution in [2.75, 3.05) is 26.0 Å². The Kier molecular flexibility index (Phi) is 10.0. The molecule has 9 heteroatoms. The maximum Gasteiger partial charge on any atom is 0.148 e. The molecule has 2 aromatic rings. The van der Waals surface area contributed by atoms with Gasteiger partial charge in [0.25, 0.3) is 0 Å². The van der Waals surface area contributed by atoms with Crippen LogP contribution < -0.4 is 5.32 Å². The fraction of sp³-hybridized carbons (Fsp3) is 0.400. The normalized spacial score (nSPS) is 16.2. The van der Waals surface area contributed by atoms with E-state index in [4.69, 9.17) is 4.74 Å². The van der Waals surface area contributed by atoms with E-state index < -0.39 is 0 Å². The fourth-order valence-corrected chi connectivity index (χ4v) is 4.97. The van der Waals surface area contributed by atoms with Gasteiger partial charge in [-0.1, -0.05) is 60.2 Å². The maximum absolute atomic E-state index is 9.63. The van der Waals surface area contributed by atoms with Crippen LogP contribution in [0.2, 0.25) is 0 Å². The Morgan fingerprint density at radius 3 is 3.00 bits per heavy atom. The SMILES string of the molecule is C=C/C=C(\C=C(\C#N)COC(C)C)c1nnc(-c2cccc3c2CCC3NCCN(O)SC)s1. The zero-order chi connectivity index (χ0) is 24.5. The van der Waals surface area contributed by atoms with Gasteiger partial charge in [-0.3, -0.25) is 0 Å². The number of hydrogen-bond donors (Lipinski definition) is 2. The molecular formula is C25H31N5O2S2. The molecule has 0 spiro atoms. The highest BCUT2D eigenvalue weighted by Crippen LogP contribution is 2.39. The lowest BCUT2D eigenvalue weighted by Gasteiger charge is -2.16. The van der Waals surface area contributed by atoms with E-state index in [2.05, 4.69) is 46.4 Å². The number of benzene rings is 1. The van der Waals surface area contributed by atoms with Crippen molar-refractivity contribution in [3.63, 3.8) is 0 Å². The van der Waals surface area contributed by atoms with E-state index in [0.717, 1.165) is 34.0 Å². The van der Waals surface area contributed by atoms with Crippen LogP contribution in [0.4, 0.5) is 0 Å². The van der Waals surface area contributed by atoms with Crippen molar-refractivity contribution in [2.45, 2.75) is 38.8 Å². The molecule has 1 atom stereocenters. The monoisotopic (exact) mass is 497 g/mol. The first-order chi connectivity index (χ1) is 16.5. The number of allylic oxidation sites excluding steroid dienone is 4. The average molecular weight is 498 g/mol. The number of nitrogens with one attached hydrogen (secondary N) is 1. The lowest BCUT2D eigenvalue weighted by molar-refractivity contribution is 0.0181. The summed E-state index contributed by atoms with van der Waals surface area (Å²) in [4.78, 5) is 0. The summed E-state index contributed by atoms with van der Waals surface area (Å²) in [5.41, 5.74) is 4.99. The fourth-order valence-electron chi connectivity index (χ4n) is 3.80. The van der Waals surface area contributed by atoms with Crippen LogP contribution in [0.3, 0.4) is 0 Å². The smallest absolute Gasteiger partial charge is 0.148 e. The molecule has 34 heavy (non-hydrogen) atoms. The molecule has 2 N–H and O–H groups in total. The standard InChI is InChI=1S/C25H31N5O2S2/c1-5-7-19(14-18(15-26)16-32-17(2)3)24-28-29-25(34-24)22-9-6-8-21-20(22)10-11-23(21)27-12-13-30(31)33-4/h5-9,14,17,23,27,31H,1,10-13,16H2,2-4H3/b18-14-,19-7+. The molecule has 0 amide bonds. The van der Waals surface area contributed by atoms with E-state index in [-0.39, 0.29) is 18.8 Å². The van der Waals surface area contributed by atoms with Crippen LogP contribution in [-0.2, 0) is 11.2 Å². The predicted molar refractivity (Wildman–Crippen MR) is 139 cm³/mol. The van der Waals surface area contributed by atoms with Crippen LogP contribution >= 0.6 is 23.3 Å². The third-order valence-corrected chi connectivity index (χ3v) is 7.03. The number of hydrogen-bond acceptors (Lipinski definition) is 9. The van der Waals surface area contributed by atoms with Gasteiger partial charge in [-0.2, -0.15) is 5.26 Å². The van der Waals surface area contributed by atoms with Crippen molar-refractivity contribution in [1.29, 1.82) is 5.26 Å². The Hall–Kier alpha value is -2.32. The summed E-state index contributed by atoms with van der Waals surface area (Å²) in [6.07, 6.45) is 9.18. The number of rotatable bonds is 12. The van der Waals surface area contributed by atoms with Crippen molar-refractivity contribution < 1.29 is 9.94 Å². The van der Waals surface area contributed by atoms with Crippen LogP contribution in [0.25, 0.3) is 16.1 Å². The molecule has 7 nitrogen and oxygen atoms in total. The maximum atomic E-state index is 9.63. The number of fused-ring (bicyclic) bond motifs is 1. The van der Waals surface area contributed by atoms with E-state index in [0.29, 0.717) is 18.7 Å². The first-order valence-electron chi connectivity index (χ1n) is 11.2. The largest absolute Gasteiger partial charge is 0.373 e. The van der Waals surface area contributed by atoms with Gasteiger partial charge in [-0.25, -0.2) is 0 Å². The Bertz CT molecular complexity index is 1090. The number of nitriles is 1. The van der Waals surface area contributed by atoms with Crippen LogP contribution in [0, 0.1) is 11.3 Å². The molecule has 1 aromatic carbocycles. The molecule has 0 saturated heterocycles. The van der Waals surface area contributed by atoms with Crippen LogP contribution in [0.15, 0.2) is 48.6 Å². The molecule has 1 aliphatic carbocycles. The molecule has 0 bridgehead atoms. The summed E-state index contributed by atoms with van der Waals surface area (Å²) in [5.74, 6) is 0. The molecule has 3 rings (SSSR count). The summed E-state index contributed by atoms with van der Waals surface area (Å²) in [7, 11) is 0. The minimum Gasteiger partial charge on any atom is -0.373 e. The average Bonchev–Trinajstić information content (AvgIpc) is 3.48. The summed E-state index contributed by atoms with van der Waals surface area (Å²) in [5, 5.41) is 33.2. The van der Waals surface area contributed by atoms with Gasteiger partial charge >= 0.3 is 0 Å². The van der Waals surface area contributed by atoms with Gasteiger partial charge in [-0.05, 0) is 50.1 Å². The summed E-state index contributed by atoms with van der Waals surface area (Å²) >= 11 is 2.81. The van der Waals surface area contributed by atoms with Gasteiger partial charge in [-0.15, -0.1) is 14.7 Å². The topological polar surface area (TPSA) is 94.3 Å². The molecule has 1 heterocycles. The quantitative estimate of drug-likeness (QED) is 0.179. The molecule has 1 aromatic heterocycles. The summed E-state index contributed by atoms with van der Waals surface area (Å²) in [6.45, 7) is 9.20. The number of hydroxylamine groups is 1. The van der Waals surface area contributed by atoms with Gasteiger partial charge in [0.15, 0.2) is 0 Å². The van der Waals surface area contributed by atoms with Gasteiger partial charge in [0.2, 0.25) is 0 Å². The molecule has 180 valence electrons. The molecule has 0 aliphatic heterocycles. The van der Waals surface area contributed by atoms with Gasteiger partial charge in [0.1, 0.15) is 10.0 Å². The lowest BCUT2D eigenvalue weighted by Crippen LogP contribution is -2.28. The second kappa shape index (κ2) is 13.0. The summed E-state index contributed by atoms with van der Waals surface area (Å²) < 4.78 is 6.83. The third kappa shape index (κ3) is 6.85. The Labute approximate surface area is 209 Å². The molecule has 1 unspecified atom stereocenters.